The van der Waals surface area contributed by atoms with E-state index in [-0.39, 0.29) is 11.4 Å². The Labute approximate surface area is 128 Å². The topological polar surface area (TPSA) is 29.5 Å². The first kappa shape index (κ1) is 16.0. The minimum atomic E-state index is -0.366. The molecular weight excluding hydrogens is 262 g/mol. The van der Waals surface area contributed by atoms with Crippen LogP contribution >= 0.6 is 0 Å². The lowest BCUT2D eigenvalue weighted by atomic mass is 9.73. The van der Waals surface area contributed by atoms with E-state index < -0.39 is 0 Å². The smallest absolute Gasteiger partial charge is 0.311 e. The summed E-state index contributed by atoms with van der Waals surface area (Å²) in [6, 6.07) is 10.6. The second kappa shape index (κ2) is 7.08. The summed E-state index contributed by atoms with van der Waals surface area (Å²) in [5, 5.41) is 0. The van der Waals surface area contributed by atoms with Gasteiger partial charge in [0.15, 0.2) is 0 Å². The zero-order valence-electron chi connectivity index (χ0n) is 13.5. The summed E-state index contributed by atoms with van der Waals surface area (Å²) in [7, 11) is 0. The fourth-order valence-electron chi connectivity index (χ4n) is 3.14. The number of likely N-dealkylation sites (tertiary alicyclic amines) is 1. The van der Waals surface area contributed by atoms with Crippen LogP contribution in [0, 0.1) is 11.3 Å². The second-order valence-corrected chi connectivity index (χ2v) is 6.48. The molecule has 0 atom stereocenters. The number of carbonyl (C=O) groups is 1. The fraction of sp³-hybridized carbons (Fsp3) is 0.611. The van der Waals surface area contributed by atoms with Gasteiger partial charge in [-0.15, -0.1) is 0 Å². The highest BCUT2D eigenvalue weighted by Gasteiger charge is 2.39. The molecule has 1 aromatic rings. The van der Waals surface area contributed by atoms with E-state index in [1.807, 2.05) is 20.8 Å². The molecule has 1 fully saturated rings. The molecule has 0 spiro atoms. The normalized spacial score (nSPS) is 17.7. The standard InChI is InChI=1S/C18H27NO2/c1-4-21-17(20)18(2,3)16-10-12-19(13-11-16)14-15-8-6-5-7-9-15/h5-9,16H,4,10-14H2,1-3H3. The minimum absolute atomic E-state index is 0.0495. The number of hydrogen-bond acceptors (Lipinski definition) is 3. The van der Waals surface area contributed by atoms with Gasteiger partial charge in [-0.05, 0) is 58.2 Å². The molecule has 2 rings (SSSR count). The van der Waals surface area contributed by atoms with Gasteiger partial charge in [-0.3, -0.25) is 9.69 Å². The third-order valence-electron chi connectivity index (χ3n) is 4.66. The molecule has 0 amide bonds. The fourth-order valence-corrected chi connectivity index (χ4v) is 3.14. The Kier molecular flexibility index (Phi) is 5.40. The Morgan fingerprint density at radius 3 is 2.43 bits per heavy atom. The predicted octanol–water partition coefficient (Wildman–Crippen LogP) is 3.49. The third-order valence-corrected chi connectivity index (χ3v) is 4.66. The first-order valence-electron chi connectivity index (χ1n) is 7.97. The van der Waals surface area contributed by atoms with Crippen molar-refractivity contribution in [1.29, 1.82) is 0 Å². The van der Waals surface area contributed by atoms with Crippen molar-refractivity contribution in [3.8, 4) is 0 Å². The number of nitrogens with zero attached hydrogens (tertiary/aromatic N) is 1. The minimum Gasteiger partial charge on any atom is -0.466 e. The zero-order valence-corrected chi connectivity index (χ0v) is 13.5. The van der Waals surface area contributed by atoms with Crippen LogP contribution in [0.3, 0.4) is 0 Å². The van der Waals surface area contributed by atoms with Crippen LogP contribution in [-0.2, 0) is 16.1 Å². The maximum atomic E-state index is 12.1. The molecule has 0 aromatic heterocycles. The lowest BCUT2D eigenvalue weighted by Gasteiger charge is -2.39. The zero-order chi connectivity index (χ0) is 15.3. The first-order chi connectivity index (χ1) is 10.0. The lowest BCUT2D eigenvalue weighted by Crippen LogP contribution is -2.42. The van der Waals surface area contributed by atoms with Gasteiger partial charge in [0.05, 0.1) is 12.0 Å². The summed E-state index contributed by atoms with van der Waals surface area (Å²) < 4.78 is 5.23. The third kappa shape index (κ3) is 4.07. The highest BCUT2D eigenvalue weighted by atomic mass is 16.5. The predicted molar refractivity (Wildman–Crippen MR) is 84.9 cm³/mol. The van der Waals surface area contributed by atoms with Crippen LogP contribution in [0.5, 0.6) is 0 Å². The number of hydrogen-bond donors (Lipinski definition) is 0. The van der Waals surface area contributed by atoms with Crippen molar-refractivity contribution in [2.45, 2.75) is 40.2 Å². The van der Waals surface area contributed by atoms with Crippen LogP contribution in [0.4, 0.5) is 0 Å². The van der Waals surface area contributed by atoms with Crippen molar-refractivity contribution in [2.75, 3.05) is 19.7 Å². The molecule has 0 aliphatic carbocycles. The van der Waals surface area contributed by atoms with Crippen LogP contribution < -0.4 is 0 Å². The largest absolute Gasteiger partial charge is 0.466 e. The van der Waals surface area contributed by atoms with Crippen LogP contribution in [0.25, 0.3) is 0 Å². The first-order valence-corrected chi connectivity index (χ1v) is 7.97. The van der Waals surface area contributed by atoms with Gasteiger partial charge in [0.25, 0.3) is 0 Å². The quantitative estimate of drug-likeness (QED) is 0.777. The Hall–Kier alpha value is -1.35. The van der Waals surface area contributed by atoms with Crippen LogP contribution in [0.2, 0.25) is 0 Å². The van der Waals surface area contributed by atoms with Gasteiger partial charge in [0.2, 0.25) is 0 Å². The molecule has 1 aromatic carbocycles. The molecule has 0 unspecified atom stereocenters. The van der Waals surface area contributed by atoms with Crippen molar-refractivity contribution in [3.05, 3.63) is 35.9 Å². The van der Waals surface area contributed by atoms with Crippen molar-refractivity contribution < 1.29 is 9.53 Å². The van der Waals surface area contributed by atoms with Gasteiger partial charge in [-0.1, -0.05) is 30.3 Å². The van der Waals surface area contributed by atoms with Crippen molar-refractivity contribution >= 4 is 5.97 Å². The summed E-state index contributed by atoms with van der Waals surface area (Å²) in [5.41, 5.74) is 0.995. The molecule has 0 bridgehead atoms. The van der Waals surface area contributed by atoms with Gasteiger partial charge in [0, 0.05) is 6.54 Å². The SMILES string of the molecule is CCOC(=O)C(C)(C)C1CCN(Cc2ccccc2)CC1. The van der Waals surface area contributed by atoms with E-state index in [0.29, 0.717) is 12.5 Å². The van der Waals surface area contributed by atoms with Gasteiger partial charge in [-0.25, -0.2) is 0 Å². The van der Waals surface area contributed by atoms with E-state index in [1.54, 1.807) is 0 Å². The highest BCUT2D eigenvalue weighted by molar-refractivity contribution is 5.76. The summed E-state index contributed by atoms with van der Waals surface area (Å²) in [5.74, 6) is 0.370. The van der Waals surface area contributed by atoms with Crippen molar-refractivity contribution in [2.24, 2.45) is 11.3 Å². The molecule has 1 saturated heterocycles. The Morgan fingerprint density at radius 2 is 1.86 bits per heavy atom. The average Bonchev–Trinajstić information content (AvgIpc) is 2.49. The molecule has 3 heteroatoms. The summed E-state index contributed by atoms with van der Waals surface area (Å²) in [4.78, 5) is 14.6. The molecule has 1 aliphatic rings. The van der Waals surface area contributed by atoms with E-state index in [9.17, 15) is 4.79 Å². The van der Waals surface area contributed by atoms with Gasteiger partial charge >= 0.3 is 5.97 Å². The molecule has 0 radical (unpaired) electrons. The number of piperidine rings is 1. The molecule has 1 aliphatic heterocycles. The van der Waals surface area contributed by atoms with Crippen LogP contribution in [-0.4, -0.2) is 30.6 Å². The summed E-state index contributed by atoms with van der Waals surface area (Å²) in [6.45, 7) is 9.52. The van der Waals surface area contributed by atoms with Crippen LogP contribution in [0.1, 0.15) is 39.2 Å². The summed E-state index contributed by atoms with van der Waals surface area (Å²) in [6.07, 6.45) is 2.14. The molecular formula is C18H27NO2. The Balaban J connectivity index is 1.87. The van der Waals surface area contributed by atoms with E-state index in [4.69, 9.17) is 4.74 Å². The van der Waals surface area contributed by atoms with Gasteiger partial charge < -0.3 is 4.74 Å². The molecule has 1 heterocycles. The van der Waals surface area contributed by atoms with E-state index in [2.05, 4.69) is 35.2 Å². The number of benzene rings is 1. The average molecular weight is 289 g/mol. The lowest BCUT2D eigenvalue weighted by molar-refractivity contribution is -0.157. The maximum absolute atomic E-state index is 12.1. The molecule has 116 valence electrons. The molecule has 0 saturated carbocycles. The van der Waals surface area contributed by atoms with E-state index >= 15 is 0 Å². The monoisotopic (exact) mass is 289 g/mol. The van der Waals surface area contributed by atoms with Gasteiger partial charge in [0.1, 0.15) is 0 Å². The number of esters is 1. The molecule has 0 N–H and O–H groups in total. The second-order valence-electron chi connectivity index (χ2n) is 6.48. The Bertz CT molecular complexity index is 448. The van der Waals surface area contributed by atoms with E-state index in [1.165, 1.54) is 5.56 Å². The number of carbonyl (C=O) groups excluding carboxylic acids is 1. The Morgan fingerprint density at radius 1 is 1.24 bits per heavy atom. The van der Waals surface area contributed by atoms with Crippen LogP contribution in [0.15, 0.2) is 30.3 Å². The summed E-state index contributed by atoms with van der Waals surface area (Å²) >= 11 is 0. The van der Waals surface area contributed by atoms with Gasteiger partial charge in [-0.2, -0.15) is 0 Å². The number of ether oxygens (including phenoxy) is 1. The number of rotatable bonds is 5. The van der Waals surface area contributed by atoms with E-state index in [0.717, 1.165) is 32.5 Å². The van der Waals surface area contributed by atoms with Crippen molar-refractivity contribution in [1.82, 2.24) is 4.90 Å². The molecule has 21 heavy (non-hydrogen) atoms. The maximum Gasteiger partial charge on any atom is 0.311 e. The highest BCUT2D eigenvalue weighted by Crippen LogP contribution is 2.36. The molecule has 3 nitrogen and oxygen atoms in total. The van der Waals surface area contributed by atoms with Crippen molar-refractivity contribution in [3.63, 3.8) is 0 Å².